The van der Waals surface area contributed by atoms with E-state index in [1.54, 1.807) is 25.4 Å². The maximum Gasteiger partial charge on any atom is 0.269 e. The highest BCUT2D eigenvalue weighted by Crippen LogP contribution is 2.31. The minimum absolute atomic E-state index is 0.218. The largest absolute Gasteiger partial charge is 0.483 e. The molecule has 0 spiro atoms. The third-order valence-electron chi connectivity index (χ3n) is 5.43. The number of amides is 1. The summed E-state index contributed by atoms with van der Waals surface area (Å²) in [6, 6.07) is 5.48. The molecule has 2 aromatic heterocycles. The number of nitrogens with zero attached hydrogens (tertiary/aromatic N) is 3. The van der Waals surface area contributed by atoms with Crippen molar-refractivity contribution in [1.29, 1.82) is 0 Å². The first-order valence-corrected chi connectivity index (χ1v) is 10.1. The molecule has 4 heterocycles. The third kappa shape index (κ3) is 4.15. The fourth-order valence-corrected chi connectivity index (χ4v) is 3.95. The molecule has 8 nitrogen and oxygen atoms in total. The van der Waals surface area contributed by atoms with Crippen molar-refractivity contribution in [2.45, 2.75) is 38.6 Å². The number of aromatic nitrogens is 2. The van der Waals surface area contributed by atoms with Gasteiger partial charge in [0, 0.05) is 32.9 Å². The Morgan fingerprint density at radius 3 is 2.83 bits per heavy atom. The maximum absolute atomic E-state index is 11.6. The van der Waals surface area contributed by atoms with Crippen molar-refractivity contribution in [2.75, 3.05) is 25.5 Å². The zero-order chi connectivity index (χ0) is 21.3. The maximum atomic E-state index is 11.6. The molecule has 1 atom stereocenters. The van der Waals surface area contributed by atoms with Gasteiger partial charge in [0.1, 0.15) is 23.3 Å². The SMILES string of the molecule is CCC1=Cc2ncc(CN3CC(C)(Oc4ccc(C(=O)NC)nc4)C3)cc2NC1O. The highest BCUT2D eigenvalue weighted by atomic mass is 16.5. The normalized spacial score (nSPS) is 19.7. The van der Waals surface area contributed by atoms with Gasteiger partial charge in [-0.3, -0.25) is 14.7 Å². The molecule has 2 aromatic rings. The van der Waals surface area contributed by atoms with E-state index < -0.39 is 6.23 Å². The van der Waals surface area contributed by atoms with Crippen LogP contribution in [0.4, 0.5) is 5.69 Å². The summed E-state index contributed by atoms with van der Waals surface area (Å²) in [7, 11) is 1.58. The number of aliphatic hydroxyl groups excluding tert-OH is 1. The van der Waals surface area contributed by atoms with Crippen molar-refractivity contribution in [2.24, 2.45) is 0 Å². The molecule has 8 heteroatoms. The van der Waals surface area contributed by atoms with Gasteiger partial charge in [-0.25, -0.2) is 4.98 Å². The van der Waals surface area contributed by atoms with Crippen LogP contribution >= 0.6 is 0 Å². The highest BCUT2D eigenvalue weighted by molar-refractivity contribution is 5.92. The molecular weight excluding hydrogens is 382 g/mol. The van der Waals surface area contributed by atoms with Gasteiger partial charge in [-0.15, -0.1) is 0 Å². The summed E-state index contributed by atoms with van der Waals surface area (Å²) in [4.78, 5) is 22.6. The molecule has 3 N–H and O–H groups in total. The molecule has 4 rings (SSSR count). The Hall–Kier alpha value is -2.97. The third-order valence-corrected chi connectivity index (χ3v) is 5.43. The van der Waals surface area contributed by atoms with Gasteiger partial charge in [-0.2, -0.15) is 0 Å². The molecule has 2 aliphatic heterocycles. The van der Waals surface area contributed by atoms with Gasteiger partial charge in [0.25, 0.3) is 5.91 Å². The van der Waals surface area contributed by atoms with Gasteiger partial charge >= 0.3 is 0 Å². The predicted molar refractivity (Wildman–Crippen MR) is 114 cm³/mol. The molecule has 1 unspecified atom stereocenters. The van der Waals surface area contributed by atoms with Gasteiger partial charge in [0.15, 0.2) is 0 Å². The monoisotopic (exact) mass is 409 g/mol. The molecule has 0 aromatic carbocycles. The number of ether oxygens (including phenoxy) is 1. The van der Waals surface area contributed by atoms with Gasteiger partial charge in [-0.05, 0) is 48.8 Å². The number of carbonyl (C=O) groups is 1. The first kappa shape index (κ1) is 20.3. The van der Waals surface area contributed by atoms with E-state index in [9.17, 15) is 9.90 Å². The molecule has 30 heavy (non-hydrogen) atoms. The number of carbonyl (C=O) groups excluding carboxylic acids is 1. The fraction of sp³-hybridized carbons (Fsp3) is 0.409. The second kappa shape index (κ2) is 8.04. The second-order valence-corrected chi connectivity index (χ2v) is 8.05. The topological polar surface area (TPSA) is 99.6 Å². The number of aliphatic hydroxyl groups is 1. The van der Waals surface area contributed by atoms with Crippen LogP contribution in [0, 0.1) is 0 Å². The lowest BCUT2D eigenvalue weighted by Gasteiger charge is -2.47. The van der Waals surface area contributed by atoms with Gasteiger partial charge in [0.05, 0.1) is 17.6 Å². The van der Waals surface area contributed by atoms with Crippen molar-refractivity contribution < 1.29 is 14.6 Å². The van der Waals surface area contributed by atoms with E-state index >= 15 is 0 Å². The Morgan fingerprint density at radius 1 is 1.37 bits per heavy atom. The summed E-state index contributed by atoms with van der Waals surface area (Å²) >= 11 is 0. The lowest BCUT2D eigenvalue weighted by Crippen LogP contribution is -2.62. The molecule has 2 aliphatic rings. The summed E-state index contributed by atoms with van der Waals surface area (Å²) in [5, 5.41) is 15.8. The number of hydrogen-bond acceptors (Lipinski definition) is 7. The van der Waals surface area contributed by atoms with Crippen LogP contribution < -0.4 is 15.4 Å². The standard InChI is InChI=1S/C22H27N5O3/c1-4-15-8-18-19(26-20(15)28)7-14(9-24-18)11-27-12-22(2,13-27)30-16-5-6-17(25-10-16)21(29)23-3/h5-10,20,26,28H,4,11-13H2,1-3H3,(H,23,29). The van der Waals surface area contributed by atoms with E-state index in [2.05, 4.69) is 32.4 Å². The highest BCUT2D eigenvalue weighted by Gasteiger charge is 2.41. The average molecular weight is 409 g/mol. The Bertz CT molecular complexity index is 967. The minimum Gasteiger partial charge on any atom is -0.483 e. The van der Waals surface area contributed by atoms with Gasteiger partial charge in [-0.1, -0.05) is 6.92 Å². The molecule has 0 bridgehead atoms. The second-order valence-electron chi connectivity index (χ2n) is 8.05. The Kier molecular flexibility index (Phi) is 5.44. The molecule has 1 amide bonds. The summed E-state index contributed by atoms with van der Waals surface area (Å²) in [5.74, 6) is 0.432. The van der Waals surface area contributed by atoms with Gasteiger partial charge in [0.2, 0.25) is 0 Å². The number of anilines is 1. The molecule has 1 fully saturated rings. The van der Waals surface area contributed by atoms with Crippen molar-refractivity contribution in [1.82, 2.24) is 20.2 Å². The number of likely N-dealkylation sites (tertiary alicyclic amines) is 1. The molecule has 158 valence electrons. The first-order valence-electron chi connectivity index (χ1n) is 10.1. The number of pyridine rings is 2. The Morgan fingerprint density at radius 2 is 2.17 bits per heavy atom. The van der Waals surface area contributed by atoms with Crippen LogP contribution in [0.5, 0.6) is 5.75 Å². The van der Waals surface area contributed by atoms with Crippen molar-refractivity contribution in [3.8, 4) is 5.75 Å². The summed E-state index contributed by atoms with van der Waals surface area (Å²) in [6.07, 6.45) is 5.57. The predicted octanol–water partition coefficient (Wildman–Crippen LogP) is 2.03. The zero-order valence-electron chi connectivity index (χ0n) is 17.5. The van der Waals surface area contributed by atoms with Crippen molar-refractivity contribution >= 4 is 17.7 Å². The smallest absolute Gasteiger partial charge is 0.269 e. The zero-order valence-corrected chi connectivity index (χ0v) is 17.5. The molecule has 0 saturated carbocycles. The Balaban J connectivity index is 1.34. The molecule has 0 aliphatic carbocycles. The van der Waals surface area contributed by atoms with E-state index in [0.29, 0.717) is 11.4 Å². The summed E-state index contributed by atoms with van der Waals surface area (Å²) in [5.41, 5.74) is 3.82. The number of rotatable bonds is 6. The molecular formula is C22H27N5O3. The van der Waals surface area contributed by atoms with E-state index in [1.807, 2.05) is 25.3 Å². The summed E-state index contributed by atoms with van der Waals surface area (Å²) < 4.78 is 6.10. The summed E-state index contributed by atoms with van der Waals surface area (Å²) in [6.45, 7) is 6.39. The van der Waals surface area contributed by atoms with Crippen LogP contribution in [0.1, 0.15) is 42.0 Å². The molecule has 1 saturated heterocycles. The van der Waals surface area contributed by atoms with E-state index in [-0.39, 0.29) is 11.5 Å². The number of nitrogens with one attached hydrogen (secondary N) is 2. The van der Waals surface area contributed by atoms with Crippen molar-refractivity contribution in [3.05, 3.63) is 53.1 Å². The van der Waals surface area contributed by atoms with Crippen LogP contribution in [0.2, 0.25) is 0 Å². The first-order chi connectivity index (χ1) is 14.4. The quantitative estimate of drug-likeness (QED) is 0.671. The van der Waals surface area contributed by atoms with E-state index in [0.717, 1.165) is 48.6 Å². The van der Waals surface area contributed by atoms with E-state index in [4.69, 9.17) is 4.74 Å². The minimum atomic E-state index is -0.649. The lowest BCUT2D eigenvalue weighted by atomic mass is 9.95. The fourth-order valence-electron chi connectivity index (χ4n) is 3.95. The lowest BCUT2D eigenvalue weighted by molar-refractivity contribution is -0.0677. The Labute approximate surface area is 176 Å². The van der Waals surface area contributed by atoms with E-state index in [1.165, 1.54) is 0 Å². The van der Waals surface area contributed by atoms with Crippen LogP contribution in [-0.4, -0.2) is 57.8 Å². The van der Waals surface area contributed by atoms with Crippen LogP contribution in [0.25, 0.3) is 6.08 Å². The number of fused-ring (bicyclic) bond motifs is 1. The van der Waals surface area contributed by atoms with Gasteiger partial charge < -0.3 is 20.5 Å². The average Bonchev–Trinajstić information content (AvgIpc) is 2.72. The number of hydrogen-bond donors (Lipinski definition) is 3. The van der Waals surface area contributed by atoms with Crippen molar-refractivity contribution in [3.63, 3.8) is 0 Å². The van der Waals surface area contributed by atoms with Crippen LogP contribution in [0.3, 0.4) is 0 Å². The molecule has 0 radical (unpaired) electrons. The van der Waals surface area contributed by atoms with Crippen LogP contribution in [-0.2, 0) is 6.54 Å². The van der Waals surface area contributed by atoms with Crippen LogP contribution in [0.15, 0.2) is 36.2 Å².